The summed E-state index contributed by atoms with van der Waals surface area (Å²) in [5.74, 6) is 1.44. The highest BCUT2D eigenvalue weighted by Gasteiger charge is 2.22. The summed E-state index contributed by atoms with van der Waals surface area (Å²) in [5.41, 5.74) is -1.81. The third-order valence-electron chi connectivity index (χ3n) is 3.23. The van der Waals surface area contributed by atoms with Crippen molar-refractivity contribution in [1.29, 1.82) is 0 Å². The Kier molecular flexibility index (Phi) is 15.1. The molecule has 0 unspecified atom stereocenters. The van der Waals surface area contributed by atoms with Crippen molar-refractivity contribution in [2.75, 3.05) is 30.3 Å². The van der Waals surface area contributed by atoms with E-state index >= 15 is 0 Å². The molecule has 0 spiro atoms. The third-order valence-corrected chi connectivity index (χ3v) is 6.73. The van der Waals surface area contributed by atoms with Gasteiger partial charge in [-0.2, -0.15) is 11.4 Å². The van der Waals surface area contributed by atoms with Crippen LogP contribution < -0.4 is 16.0 Å². The Morgan fingerprint density at radius 3 is 1.71 bits per heavy atom. The van der Waals surface area contributed by atoms with E-state index in [0.717, 1.165) is 0 Å². The van der Waals surface area contributed by atoms with E-state index in [4.69, 9.17) is 14.2 Å². The molecule has 206 valence electrons. The molecule has 0 heterocycles. The fraction of sp³-hybridized carbons (Fsp3) is 0.818. The number of alkyl carbamates (subject to hydrolysis) is 3. The number of ether oxygens (including phenoxy) is 3. The Morgan fingerprint density at radius 1 is 0.771 bits per heavy atom. The SMILES string of the molecule is CC(C)(C)OC(=O)NCCSSC[C@H](NC(=O)OC(C)(C)C)C(O)=[SH]CCNC(=O)OC(C)(C)C. The minimum absolute atomic E-state index is 0.0572. The van der Waals surface area contributed by atoms with E-state index in [0.29, 0.717) is 41.7 Å². The van der Waals surface area contributed by atoms with E-state index < -0.39 is 41.1 Å². The van der Waals surface area contributed by atoms with Gasteiger partial charge in [-0.1, -0.05) is 21.6 Å². The molecule has 0 fully saturated rings. The molecule has 4 N–H and O–H groups in total. The van der Waals surface area contributed by atoms with E-state index in [1.807, 2.05) is 0 Å². The first-order chi connectivity index (χ1) is 15.9. The molecule has 0 aromatic rings. The molecule has 35 heavy (non-hydrogen) atoms. The standard InChI is InChI=1S/C22H43N3O7S3/c1-20(2,3)30-17(27)23-10-12-33-16(26)15(25-19(29)32-22(7,8)9)14-35-34-13-11-24-18(28)31-21(4,5)6/h15,26,33H,10-14H2,1-9H3,(H,23,27)(H,24,28)(H,25,29)/t15-/m0/s1. The fourth-order valence-corrected chi connectivity index (χ4v) is 5.10. The number of hydrogen-bond donors (Lipinski definition) is 5. The van der Waals surface area contributed by atoms with Gasteiger partial charge < -0.3 is 35.3 Å². The first-order valence-corrected chi connectivity index (χ1v) is 14.9. The van der Waals surface area contributed by atoms with Crippen molar-refractivity contribution in [2.45, 2.75) is 85.2 Å². The summed E-state index contributed by atoms with van der Waals surface area (Å²) >= 11 is 0.559. The normalized spacial score (nSPS) is 13.7. The lowest BCUT2D eigenvalue weighted by atomic mass is 10.2. The van der Waals surface area contributed by atoms with Gasteiger partial charge >= 0.3 is 18.3 Å². The quantitative estimate of drug-likeness (QED) is 0.0820. The largest absolute Gasteiger partial charge is 0.444 e. The molecular formula is C22H43N3O7S3. The summed E-state index contributed by atoms with van der Waals surface area (Å²) in [7, 11) is 2.93. The Balaban J connectivity index is 4.69. The highest BCUT2D eigenvalue weighted by molar-refractivity contribution is 8.76. The Labute approximate surface area is 221 Å². The molecule has 0 radical (unpaired) electrons. The zero-order valence-electron chi connectivity index (χ0n) is 22.3. The third kappa shape index (κ3) is 21.7. The Bertz CT molecular complexity index is 715. The number of hydrogen-bond acceptors (Lipinski definition) is 8. The number of carbonyl (C=O) groups excluding carboxylic acids is 3. The average molecular weight is 558 g/mol. The fourth-order valence-electron chi connectivity index (χ4n) is 2.07. The van der Waals surface area contributed by atoms with Gasteiger partial charge in [0, 0.05) is 30.3 Å². The molecule has 0 aliphatic carbocycles. The van der Waals surface area contributed by atoms with Crippen LogP contribution in [0.5, 0.6) is 0 Å². The second-order valence-electron chi connectivity index (χ2n) is 10.4. The van der Waals surface area contributed by atoms with Crippen LogP contribution in [0.3, 0.4) is 0 Å². The molecule has 0 aromatic heterocycles. The molecule has 3 amide bonds. The van der Waals surface area contributed by atoms with Crippen molar-refractivity contribution < 1.29 is 33.7 Å². The second kappa shape index (κ2) is 15.7. The van der Waals surface area contributed by atoms with E-state index in [1.54, 1.807) is 62.3 Å². The second-order valence-corrected chi connectivity index (χ2v) is 14.3. The molecular weight excluding hydrogens is 514 g/mol. The highest BCUT2D eigenvalue weighted by Crippen LogP contribution is 2.22. The van der Waals surface area contributed by atoms with Gasteiger partial charge in [0.15, 0.2) is 0 Å². The first-order valence-electron chi connectivity index (χ1n) is 11.3. The van der Waals surface area contributed by atoms with Crippen LogP contribution in [0.2, 0.25) is 0 Å². The summed E-state index contributed by atoms with van der Waals surface area (Å²) in [5, 5.41) is 18.7. The van der Waals surface area contributed by atoms with E-state index in [-0.39, 0.29) is 5.05 Å². The molecule has 0 rings (SSSR count). The number of carbonyl (C=O) groups is 3. The minimum atomic E-state index is -0.672. The maximum Gasteiger partial charge on any atom is 0.408 e. The predicted octanol–water partition coefficient (Wildman–Crippen LogP) is 4.46. The topological polar surface area (TPSA) is 135 Å². The lowest BCUT2D eigenvalue weighted by molar-refractivity contribution is 0.0511. The zero-order chi connectivity index (χ0) is 27.3. The number of aliphatic hydroxyl groups excluding tert-OH is 1. The van der Waals surface area contributed by atoms with E-state index in [1.165, 1.54) is 21.6 Å². The summed E-state index contributed by atoms with van der Waals surface area (Å²) in [6.07, 6.45) is -1.63. The zero-order valence-corrected chi connectivity index (χ0v) is 24.8. The number of nitrogens with one attached hydrogen (secondary N) is 3. The predicted molar refractivity (Wildman–Crippen MR) is 148 cm³/mol. The van der Waals surface area contributed by atoms with Crippen molar-refractivity contribution in [1.82, 2.24) is 16.0 Å². The molecule has 0 aromatic carbocycles. The maximum atomic E-state index is 12.2. The number of thiol groups is 1. The number of rotatable bonds is 11. The number of aliphatic hydroxyl groups is 1. The summed E-state index contributed by atoms with van der Waals surface area (Å²) < 4.78 is 15.7. The molecule has 13 heteroatoms. The summed E-state index contributed by atoms with van der Waals surface area (Å²) in [4.78, 5) is 35.6. The van der Waals surface area contributed by atoms with Gasteiger partial charge in [-0.3, -0.25) is 0 Å². The van der Waals surface area contributed by atoms with Crippen molar-refractivity contribution in [3.8, 4) is 0 Å². The van der Waals surface area contributed by atoms with Crippen molar-refractivity contribution in [3.05, 3.63) is 0 Å². The van der Waals surface area contributed by atoms with Crippen LogP contribution >= 0.6 is 32.9 Å². The van der Waals surface area contributed by atoms with Gasteiger partial charge in [-0.05, 0) is 62.3 Å². The van der Waals surface area contributed by atoms with Gasteiger partial charge in [0.05, 0.1) is 11.1 Å². The molecule has 10 nitrogen and oxygen atoms in total. The van der Waals surface area contributed by atoms with Crippen LogP contribution in [-0.2, 0) is 14.2 Å². The Morgan fingerprint density at radius 2 is 1.23 bits per heavy atom. The van der Waals surface area contributed by atoms with Crippen molar-refractivity contribution >= 4 is 56.3 Å². The molecule has 0 bridgehead atoms. The molecule has 0 saturated heterocycles. The van der Waals surface area contributed by atoms with Gasteiger partial charge in [-0.15, -0.1) is 0 Å². The lowest BCUT2D eigenvalue weighted by Crippen LogP contribution is -2.44. The minimum Gasteiger partial charge on any atom is -0.444 e. The first kappa shape index (κ1) is 33.7. The van der Waals surface area contributed by atoms with Crippen LogP contribution in [0.15, 0.2) is 0 Å². The van der Waals surface area contributed by atoms with Crippen molar-refractivity contribution in [3.63, 3.8) is 0 Å². The molecule has 0 saturated carbocycles. The average Bonchev–Trinajstić information content (AvgIpc) is 2.62. The molecule has 1 atom stereocenters. The van der Waals surface area contributed by atoms with Crippen LogP contribution in [-0.4, -0.2) is 81.6 Å². The summed E-state index contributed by atoms with van der Waals surface area (Å²) in [6.45, 7) is 16.7. The van der Waals surface area contributed by atoms with Crippen LogP contribution in [0.25, 0.3) is 0 Å². The lowest BCUT2D eigenvalue weighted by Gasteiger charge is -2.23. The van der Waals surface area contributed by atoms with Crippen LogP contribution in [0.4, 0.5) is 14.4 Å². The van der Waals surface area contributed by atoms with E-state index in [9.17, 15) is 19.5 Å². The van der Waals surface area contributed by atoms with Gasteiger partial charge in [-0.25, -0.2) is 14.4 Å². The monoisotopic (exact) mass is 557 g/mol. The highest BCUT2D eigenvalue weighted by atomic mass is 33.1. The van der Waals surface area contributed by atoms with Gasteiger partial charge in [0.25, 0.3) is 0 Å². The van der Waals surface area contributed by atoms with Gasteiger partial charge in [0.2, 0.25) is 0 Å². The van der Waals surface area contributed by atoms with Crippen molar-refractivity contribution in [2.24, 2.45) is 0 Å². The smallest absolute Gasteiger partial charge is 0.408 e. The van der Waals surface area contributed by atoms with Crippen LogP contribution in [0.1, 0.15) is 62.3 Å². The summed E-state index contributed by atoms with van der Waals surface area (Å²) in [6, 6.07) is -0.649. The van der Waals surface area contributed by atoms with Crippen LogP contribution in [0, 0.1) is 0 Å². The molecule has 0 aliphatic rings. The maximum absolute atomic E-state index is 12.2. The van der Waals surface area contributed by atoms with Gasteiger partial charge in [0.1, 0.15) is 16.8 Å². The number of amides is 3. The molecule has 0 aliphatic heterocycles. The Hall–Kier alpha value is -1.31. The van der Waals surface area contributed by atoms with E-state index in [2.05, 4.69) is 16.0 Å².